The molecule has 2 heterocycles. The zero-order valence-corrected chi connectivity index (χ0v) is 17.6. The summed E-state index contributed by atoms with van der Waals surface area (Å²) in [4.78, 5) is 12.4. The molecule has 0 radical (unpaired) electrons. The van der Waals surface area contributed by atoms with Gasteiger partial charge in [0.05, 0.1) is 11.3 Å². The van der Waals surface area contributed by atoms with Crippen molar-refractivity contribution < 1.29 is 22.7 Å². The normalized spacial score (nSPS) is 20.1. The molecule has 2 aliphatic heterocycles. The molecule has 1 aromatic carbocycles. The maximum absolute atomic E-state index is 12.4. The minimum Gasteiger partial charge on any atom is -0.489 e. The Balaban J connectivity index is 1.51. The van der Waals surface area contributed by atoms with E-state index in [9.17, 15) is 13.2 Å². The Hall–Kier alpha value is -1.35. The number of nitrogens with zero attached hydrogens (tertiary/aromatic N) is 1. The Morgan fingerprint density at radius 1 is 1.25 bits per heavy atom. The van der Waals surface area contributed by atoms with Crippen LogP contribution in [-0.2, 0) is 14.8 Å². The van der Waals surface area contributed by atoms with Gasteiger partial charge in [0.1, 0.15) is 11.9 Å². The quantitative estimate of drug-likeness (QED) is 0.748. The second-order valence-corrected chi connectivity index (χ2v) is 9.78. The van der Waals surface area contributed by atoms with Gasteiger partial charge in [-0.3, -0.25) is 4.79 Å². The number of amides is 1. The van der Waals surface area contributed by atoms with Gasteiger partial charge in [0.2, 0.25) is 10.0 Å². The molecule has 0 aromatic heterocycles. The number of halogens is 1. The van der Waals surface area contributed by atoms with Gasteiger partial charge < -0.3 is 14.8 Å². The minimum absolute atomic E-state index is 0.0938. The van der Waals surface area contributed by atoms with Gasteiger partial charge in [-0.2, -0.15) is 0 Å². The summed E-state index contributed by atoms with van der Waals surface area (Å²) in [5.41, 5.74) is 0.497. The maximum Gasteiger partial charge on any atom is 0.251 e. The van der Waals surface area contributed by atoms with Crippen molar-refractivity contribution in [2.75, 3.05) is 39.1 Å². The number of carbonyl (C=O) groups is 1. The van der Waals surface area contributed by atoms with Crippen LogP contribution in [0.4, 0.5) is 0 Å². The van der Waals surface area contributed by atoms with Gasteiger partial charge >= 0.3 is 0 Å². The zero-order chi connectivity index (χ0) is 20.1. The summed E-state index contributed by atoms with van der Waals surface area (Å²) in [6.07, 6.45) is 4.27. The number of hydrogen-bond donors (Lipinski definition) is 1. The van der Waals surface area contributed by atoms with Crippen molar-refractivity contribution in [3.05, 3.63) is 28.8 Å². The molecule has 0 spiro atoms. The van der Waals surface area contributed by atoms with Crippen LogP contribution in [-0.4, -0.2) is 63.8 Å². The first-order valence-electron chi connectivity index (χ1n) is 9.60. The first-order valence-corrected chi connectivity index (χ1v) is 11.8. The number of sulfonamides is 1. The third-order valence-electron chi connectivity index (χ3n) is 5.25. The van der Waals surface area contributed by atoms with Gasteiger partial charge in [-0.25, -0.2) is 12.7 Å². The van der Waals surface area contributed by atoms with Crippen molar-refractivity contribution in [3.8, 4) is 5.75 Å². The van der Waals surface area contributed by atoms with Crippen molar-refractivity contribution in [3.63, 3.8) is 0 Å². The molecular formula is C19H27ClN2O5S. The highest BCUT2D eigenvalue weighted by Crippen LogP contribution is 2.29. The molecule has 0 unspecified atom stereocenters. The highest BCUT2D eigenvalue weighted by atomic mass is 35.5. The Morgan fingerprint density at radius 2 is 1.93 bits per heavy atom. The van der Waals surface area contributed by atoms with E-state index in [0.29, 0.717) is 54.7 Å². The third kappa shape index (κ3) is 5.83. The van der Waals surface area contributed by atoms with Gasteiger partial charge in [0.15, 0.2) is 0 Å². The van der Waals surface area contributed by atoms with E-state index in [-0.39, 0.29) is 12.0 Å². The summed E-state index contributed by atoms with van der Waals surface area (Å²) >= 11 is 6.31. The van der Waals surface area contributed by atoms with Gasteiger partial charge in [-0.15, -0.1) is 0 Å². The number of carbonyl (C=O) groups excluding carboxylic acids is 1. The van der Waals surface area contributed by atoms with E-state index >= 15 is 0 Å². The molecule has 0 bridgehead atoms. The van der Waals surface area contributed by atoms with Crippen LogP contribution in [0, 0.1) is 5.92 Å². The number of ether oxygens (including phenoxy) is 2. The number of nitrogens with one attached hydrogen (secondary N) is 1. The van der Waals surface area contributed by atoms with Gasteiger partial charge in [-0.05, 0) is 49.8 Å². The van der Waals surface area contributed by atoms with E-state index in [2.05, 4.69) is 5.32 Å². The Kier molecular flexibility index (Phi) is 7.20. The first-order chi connectivity index (χ1) is 13.3. The van der Waals surface area contributed by atoms with Crippen molar-refractivity contribution in [1.82, 2.24) is 9.62 Å². The average Bonchev–Trinajstić information content (AvgIpc) is 2.68. The van der Waals surface area contributed by atoms with E-state index in [0.717, 1.165) is 26.1 Å². The molecule has 0 saturated carbocycles. The number of hydrogen-bond acceptors (Lipinski definition) is 5. The zero-order valence-electron chi connectivity index (χ0n) is 16.0. The second kappa shape index (κ2) is 9.43. The lowest BCUT2D eigenvalue weighted by molar-refractivity contribution is 0.0642. The molecule has 156 valence electrons. The molecule has 3 rings (SSSR count). The van der Waals surface area contributed by atoms with Crippen LogP contribution in [0.25, 0.3) is 0 Å². The smallest absolute Gasteiger partial charge is 0.251 e. The van der Waals surface area contributed by atoms with Crippen LogP contribution < -0.4 is 10.1 Å². The van der Waals surface area contributed by atoms with E-state index in [4.69, 9.17) is 21.1 Å². The average molecular weight is 431 g/mol. The lowest BCUT2D eigenvalue weighted by atomic mass is 10.0. The lowest BCUT2D eigenvalue weighted by Crippen LogP contribution is -2.41. The third-order valence-corrected chi connectivity index (χ3v) is 6.85. The van der Waals surface area contributed by atoms with E-state index in [1.54, 1.807) is 18.2 Å². The number of benzene rings is 1. The number of piperidine rings is 1. The topological polar surface area (TPSA) is 84.9 Å². The molecule has 2 saturated heterocycles. The molecule has 1 aromatic rings. The summed E-state index contributed by atoms with van der Waals surface area (Å²) in [5.74, 6) is 0.815. The van der Waals surface area contributed by atoms with Gasteiger partial charge in [0, 0.05) is 38.4 Å². The highest BCUT2D eigenvalue weighted by Gasteiger charge is 2.26. The van der Waals surface area contributed by atoms with Crippen LogP contribution in [0.1, 0.15) is 36.0 Å². The Morgan fingerprint density at radius 3 is 2.54 bits per heavy atom. The summed E-state index contributed by atoms with van der Waals surface area (Å²) < 4.78 is 35.9. The predicted molar refractivity (Wildman–Crippen MR) is 107 cm³/mol. The van der Waals surface area contributed by atoms with E-state index in [1.807, 2.05) is 0 Å². The first kappa shape index (κ1) is 21.4. The molecule has 2 fully saturated rings. The monoisotopic (exact) mass is 430 g/mol. The van der Waals surface area contributed by atoms with E-state index < -0.39 is 10.0 Å². The van der Waals surface area contributed by atoms with Crippen molar-refractivity contribution in [2.45, 2.75) is 31.8 Å². The minimum atomic E-state index is -3.16. The molecular weight excluding hydrogens is 404 g/mol. The van der Waals surface area contributed by atoms with Crippen LogP contribution in [0.5, 0.6) is 5.75 Å². The van der Waals surface area contributed by atoms with Crippen LogP contribution in [0.3, 0.4) is 0 Å². The highest BCUT2D eigenvalue weighted by molar-refractivity contribution is 7.88. The summed E-state index contributed by atoms with van der Waals surface area (Å²) in [7, 11) is -3.16. The predicted octanol–water partition coefficient (Wildman–Crippen LogP) is 2.30. The summed E-state index contributed by atoms with van der Waals surface area (Å²) in [6.45, 7) is 3.02. The van der Waals surface area contributed by atoms with Crippen molar-refractivity contribution in [1.29, 1.82) is 0 Å². The van der Waals surface area contributed by atoms with Crippen molar-refractivity contribution in [2.24, 2.45) is 5.92 Å². The molecule has 0 aliphatic carbocycles. The summed E-state index contributed by atoms with van der Waals surface area (Å²) in [6, 6.07) is 5.02. The Labute approximate surface area is 171 Å². The fraction of sp³-hybridized carbons (Fsp3) is 0.632. The lowest BCUT2D eigenvalue weighted by Gasteiger charge is -2.30. The number of rotatable bonds is 6. The molecule has 9 heteroatoms. The molecule has 7 nitrogen and oxygen atoms in total. The fourth-order valence-corrected chi connectivity index (χ4v) is 4.59. The van der Waals surface area contributed by atoms with Crippen LogP contribution >= 0.6 is 11.6 Å². The van der Waals surface area contributed by atoms with Crippen LogP contribution in [0.2, 0.25) is 5.02 Å². The van der Waals surface area contributed by atoms with E-state index in [1.165, 1.54) is 10.6 Å². The molecule has 1 N–H and O–H groups in total. The molecule has 2 aliphatic rings. The largest absolute Gasteiger partial charge is 0.489 e. The fourth-order valence-electron chi connectivity index (χ4n) is 3.49. The van der Waals surface area contributed by atoms with Crippen LogP contribution in [0.15, 0.2) is 18.2 Å². The second-order valence-electron chi connectivity index (χ2n) is 7.39. The van der Waals surface area contributed by atoms with Gasteiger partial charge in [0.25, 0.3) is 5.91 Å². The molecule has 28 heavy (non-hydrogen) atoms. The molecule has 1 amide bonds. The Bertz CT molecular complexity index is 788. The maximum atomic E-state index is 12.4. The van der Waals surface area contributed by atoms with Gasteiger partial charge in [-0.1, -0.05) is 11.6 Å². The standard InChI is InChI=1S/C19H27ClN2O5S/c1-28(24,25)22-8-4-16(5-9-22)27-18-3-2-15(12-17(18)20)19(23)21-13-14-6-10-26-11-7-14/h2-3,12,14,16H,4-11,13H2,1H3,(H,21,23). The SMILES string of the molecule is CS(=O)(=O)N1CCC(Oc2ccc(C(=O)NCC3CCOCC3)cc2Cl)CC1. The molecule has 0 atom stereocenters. The summed E-state index contributed by atoms with van der Waals surface area (Å²) in [5, 5.41) is 3.34. The van der Waals surface area contributed by atoms with Crippen molar-refractivity contribution >= 4 is 27.5 Å².